The molecular formula is C42H38F2N6S2. The molecule has 0 atom stereocenters. The summed E-state index contributed by atoms with van der Waals surface area (Å²) in [7, 11) is -3.05. The van der Waals surface area contributed by atoms with Gasteiger partial charge in [0.15, 0.2) is 22.0 Å². The van der Waals surface area contributed by atoms with Crippen LogP contribution in [0.1, 0.15) is 11.1 Å². The molecule has 262 valence electrons. The van der Waals surface area contributed by atoms with Crippen LogP contribution in [0.15, 0.2) is 95.2 Å². The van der Waals surface area contributed by atoms with Gasteiger partial charge in [-0.15, -0.1) is 0 Å². The molecule has 0 saturated heterocycles. The Morgan fingerprint density at radius 3 is 1.19 bits per heavy atom. The normalized spacial score (nSPS) is 13.0. The van der Waals surface area contributed by atoms with Gasteiger partial charge in [-0.2, -0.15) is 48.8 Å². The Morgan fingerprint density at radius 2 is 0.808 bits per heavy atom. The Morgan fingerprint density at radius 1 is 0.423 bits per heavy atom. The first-order chi connectivity index (χ1) is 24.7. The number of aromatic nitrogens is 6. The summed E-state index contributed by atoms with van der Waals surface area (Å²) in [6, 6.07) is 29.6. The summed E-state index contributed by atoms with van der Waals surface area (Å²) < 4.78 is 30.8. The second-order valence-electron chi connectivity index (χ2n) is 14.8. The topological polar surface area (TPSA) is 77.3 Å². The van der Waals surface area contributed by atoms with Crippen molar-refractivity contribution in [2.45, 2.75) is 24.2 Å². The third kappa shape index (κ3) is 5.93. The highest BCUT2D eigenvalue weighted by molar-refractivity contribution is 8.32. The molecule has 0 aliphatic carbocycles. The second kappa shape index (κ2) is 12.3. The zero-order chi connectivity index (χ0) is 36.7. The van der Waals surface area contributed by atoms with Crippen LogP contribution < -0.4 is 0 Å². The molecule has 10 heteroatoms. The number of benzene rings is 6. The van der Waals surface area contributed by atoms with E-state index in [0.29, 0.717) is 21.4 Å². The molecule has 0 saturated carbocycles. The van der Waals surface area contributed by atoms with Crippen molar-refractivity contribution in [3.63, 3.8) is 0 Å². The molecule has 0 fully saturated rings. The minimum Gasteiger partial charge on any atom is -0.204 e. The van der Waals surface area contributed by atoms with Gasteiger partial charge < -0.3 is 0 Å². The van der Waals surface area contributed by atoms with Crippen molar-refractivity contribution in [3.8, 4) is 45.0 Å². The Balaban J connectivity index is 1.61. The summed E-state index contributed by atoms with van der Waals surface area (Å²) in [6.07, 6.45) is 10.4. The Hall–Kier alpha value is -5.06. The smallest absolute Gasteiger partial charge is 0.204 e. The van der Waals surface area contributed by atoms with Crippen LogP contribution >= 0.6 is 20.1 Å². The Bertz CT molecular complexity index is 2510. The number of halogens is 2. The van der Waals surface area contributed by atoms with E-state index in [1.54, 1.807) is 0 Å². The molecule has 6 nitrogen and oxygen atoms in total. The van der Waals surface area contributed by atoms with Crippen molar-refractivity contribution >= 4 is 52.4 Å². The second-order valence-corrected chi connectivity index (χ2v) is 22.9. The van der Waals surface area contributed by atoms with E-state index in [2.05, 4.69) is 113 Å². The fourth-order valence-electron chi connectivity index (χ4n) is 6.76. The monoisotopic (exact) mass is 728 g/mol. The summed E-state index contributed by atoms with van der Waals surface area (Å²) in [5.74, 6) is 0.405. The molecule has 0 unspecified atom stereocenters. The third-order valence-electron chi connectivity index (χ3n) is 9.36. The van der Waals surface area contributed by atoms with Gasteiger partial charge in [-0.05, 0) is 124 Å². The van der Waals surface area contributed by atoms with Gasteiger partial charge in [-0.1, -0.05) is 77.9 Å². The largest absolute Gasteiger partial charge is 0.313 e. The number of hydrogen-bond acceptors (Lipinski definition) is 6. The molecule has 0 bridgehead atoms. The fraction of sp³-hybridized carbons (Fsp3) is 0.190. The highest BCUT2D eigenvalue weighted by Crippen LogP contribution is 2.50. The molecule has 0 aliphatic rings. The lowest BCUT2D eigenvalue weighted by atomic mass is 9.82. The molecule has 0 spiro atoms. The van der Waals surface area contributed by atoms with Crippen molar-refractivity contribution in [2.75, 3.05) is 37.5 Å². The zero-order valence-corrected chi connectivity index (χ0v) is 32.0. The molecule has 0 N–H and O–H groups in total. The minimum atomic E-state index is -1.53. The first-order valence-electron chi connectivity index (χ1n) is 16.8. The average molecular weight is 729 g/mol. The van der Waals surface area contributed by atoms with Crippen molar-refractivity contribution < 1.29 is 8.78 Å². The summed E-state index contributed by atoms with van der Waals surface area (Å²) >= 11 is 0. The average Bonchev–Trinajstić information content (AvgIpc) is 3.09. The maximum Gasteiger partial charge on any atom is 0.313 e. The van der Waals surface area contributed by atoms with E-state index in [9.17, 15) is 0 Å². The molecule has 6 aromatic carbocycles. The van der Waals surface area contributed by atoms with Gasteiger partial charge in [0.1, 0.15) is 0 Å². The molecule has 8 rings (SSSR count). The van der Waals surface area contributed by atoms with Gasteiger partial charge in [0, 0.05) is 11.1 Å². The molecule has 8 aromatic rings. The highest BCUT2D eigenvalue weighted by atomic mass is 32.3. The predicted molar refractivity (Wildman–Crippen MR) is 215 cm³/mol. The first kappa shape index (κ1) is 34.0. The van der Waals surface area contributed by atoms with E-state index < -0.39 is 32.2 Å². The maximum absolute atomic E-state index is 15.4. The van der Waals surface area contributed by atoms with Crippen molar-refractivity contribution in [1.82, 2.24) is 29.9 Å². The van der Waals surface area contributed by atoms with Gasteiger partial charge in [0.2, 0.25) is 0 Å². The van der Waals surface area contributed by atoms with Crippen molar-refractivity contribution in [1.29, 1.82) is 0 Å². The van der Waals surface area contributed by atoms with Crippen LogP contribution in [-0.4, -0.2) is 67.4 Å². The molecule has 2 aromatic heterocycles. The van der Waals surface area contributed by atoms with Gasteiger partial charge in [0.25, 0.3) is 0 Å². The standard InChI is InChI=1S/C42H38F2N6S2/c1-23-12-16-25(17-13-23)29-20-31-33(37-45-39(43)49-41(47-37)51(3,4)5)22-34(38-46-40(44)50-42(48-38)52(6,7)8)32-21-30(26-18-14-24(2)15-19-26)28-11-9-10-27(29)35(28)36(31)32/h9-22H,1-8H3. The molecule has 0 radical (unpaired) electrons. The summed E-state index contributed by atoms with van der Waals surface area (Å²) in [5, 5.41) is 6.55. The lowest BCUT2D eigenvalue weighted by Gasteiger charge is -2.25. The van der Waals surface area contributed by atoms with Gasteiger partial charge >= 0.3 is 12.2 Å². The first-order valence-corrected chi connectivity index (χ1v) is 22.5. The van der Waals surface area contributed by atoms with Crippen molar-refractivity contribution in [3.05, 3.63) is 108 Å². The van der Waals surface area contributed by atoms with E-state index in [1.165, 1.54) is 0 Å². The third-order valence-corrected chi connectivity index (χ3v) is 11.9. The SMILES string of the molecule is Cc1ccc(-c2cc3c(-c4nc(F)nc(S(C)(C)C)n4)cc(-c4nc(F)nc(S(C)(C)C)n4)c4cc(-c5ccc(C)cc5)c5cccc2c5c34)cc1. The highest BCUT2D eigenvalue weighted by Gasteiger charge is 2.26. The van der Waals surface area contributed by atoms with E-state index in [4.69, 9.17) is 9.97 Å². The van der Waals surface area contributed by atoms with E-state index in [1.807, 2.05) is 43.6 Å². The summed E-state index contributed by atoms with van der Waals surface area (Å²) in [5.41, 5.74) is 7.63. The maximum atomic E-state index is 15.4. The van der Waals surface area contributed by atoms with E-state index in [-0.39, 0.29) is 11.6 Å². The Labute approximate surface area is 304 Å². The van der Waals surface area contributed by atoms with Crippen LogP contribution in [-0.2, 0) is 0 Å². The van der Waals surface area contributed by atoms with Crippen LogP contribution in [0.25, 0.3) is 77.3 Å². The number of nitrogens with zero attached hydrogens (tertiary/aromatic N) is 6. The number of rotatable bonds is 6. The zero-order valence-electron chi connectivity index (χ0n) is 30.3. The van der Waals surface area contributed by atoms with Crippen LogP contribution in [0.3, 0.4) is 0 Å². The quantitative estimate of drug-likeness (QED) is 0.159. The lowest BCUT2D eigenvalue weighted by molar-refractivity contribution is 0.517. The van der Waals surface area contributed by atoms with E-state index >= 15 is 8.78 Å². The number of aryl methyl sites for hydroxylation is 2. The summed E-state index contributed by atoms with van der Waals surface area (Å²) in [4.78, 5) is 26.6. The van der Waals surface area contributed by atoms with Gasteiger partial charge in [-0.3, -0.25) is 0 Å². The van der Waals surface area contributed by atoms with Crippen LogP contribution in [0, 0.1) is 26.0 Å². The molecule has 52 heavy (non-hydrogen) atoms. The number of hydrogen-bond donors (Lipinski definition) is 0. The van der Waals surface area contributed by atoms with Crippen LogP contribution in [0.2, 0.25) is 0 Å². The molecule has 0 aliphatic heterocycles. The molecule has 0 amide bonds. The van der Waals surface area contributed by atoms with Gasteiger partial charge in [0.05, 0.1) is 0 Å². The Kier molecular flexibility index (Phi) is 8.04. The van der Waals surface area contributed by atoms with Gasteiger partial charge in [-0.25, -0.2) is 9.97 Å². The summed E-state index contributed by atoms with van der Waals surface area (Å²) in [6.45, 7) is 4.15. The van der Waals surface area contributed by atoms with Crippen molar-refractivity contribution in [2.24, 2.45) is 0 Å². The van der Waals surface area contributed by atoms with Crippen LogP contribution in [0.4, 0.5) is 8.78 Å². The fourth-order valence-corrected chi connectivity index (χ4v) is 8.18. The minimum absolute atomic E-state index is 0.203. The lowest BCUT2D eigenvalue weighted by Crippen LogP contribution is -2.08. The van der Waals surface area contributed by atoms with Crippen LogP contribution in [0.5, 0.6) is 0 Å². The predicted octanol–water partition coefficient (Wildman–Crippen LogP) is 10.6. The molecular weight excluding hydrogens is 691 g/mol. The molecule has 2 heterocycles. The van der Waals surface area contributed by atoms with E-state index in [0.717, 1.165) is 65.7 Å².